The molecule has 1 nitrogen and oxygen atoms in total. The van der Waals surface area contributed by atoms with Gasteiger partial charge in [0.15, 0.2) is 0 Å². The third-order valence-corrected chi connectivity index (χ3v) is 3.40. The highest BCUT2D eigenvalue weighted by atomic mass is 19.1. The fourth-order valence-electron chi connectivity index (χ4n) is 2.32. The first-order valence-electron chi connectivity index (χ1n) is 5.71. The molecule has 1 aliphatic rings. The van der Waals surface area contributed by atoms with E-state index in [0.717, 1.165) is 31.5 Å². The summed E-state index contributed by atoms with van der Waals surface area (Å²) in [5.41, 5.74) is 0.872. The smallest absolute Gasteiger partial charge is 0.126 e. The van der Waals surface area contributed by atoms with Gasteiger partial charge in [-0.15, -0.1) is 0 Å². The molecule has 0 saturated carbocycles. The summed E-state index contributed by atoms with van der Waals surface area (Å²) in [4.78, 5) is 0. The van der Waals surface area contributed by atoms with Gasteiger partial charge in [0.2, 0.25) is 0 Å². The van der Waals surface area contributed by atoms with Gasteiger partial charge in [0.05, 0.1) is 0 Å². The molecule has 1 saturated heterocycles. The van der Waals surface area contributed by atoms with Crippen LogP contribution in [0, 0.1) is 17.7 Å². The Labute approximate surface area is 90.7 Å². The summed E-state index contributed by atoms with van der Waals surface area (Å²) in [5, 5.41) is 3.37. The van der Waals surface area contributed by atoms with Crippen molar-refractivity contribution < 1.29 is 4.39 Å². The second-order valence-electron chi connectivity index (χ2n) is 4.53. The molecule has 1 heterocycles. The van der Waals surface area contributed by atoms with Crippen molar-refractivity contribution in [1.29, 1.82) is 0 Å². The molecule has 0 bridgehead atoms. The number of nitrogens with one attached hydrogen (secondary N) is 1. The molecule has 1 aliphatic heterocycles. The van der Waals surface area contributed by atoms with Crippen LogP contribution >= 0.6 is 0 Å². The molecule has 0 amide bonds. The van der Waals surface area contributed by atoms with E-state index in [1.54, 1.807) is 12.1 Å². The van der Waals surface area contributed by atoms with Crippen LogP contribution < -0.4 is 5.32 Å². The van der Waals surface area contributed by atoms with Crippen LogP contribution in [0.2, 0.25) is 0 Å². The number of benzene rings is 1. The molecular formula is C13H18FN. The molecule has 2 heteroatoms. The van der Waals surface area contributed by atoms with E-state index in [-0.39, 0.29) is 5.82 Å². The van der Waals surface area contributed by atoms with Crippen LogP contribution in [0.5, 0.6) is 0 Å². The fraction of sp³-hybridized carbons (Fsp3) is 0.538. The van der Waals surface area contributed by atoms with Gasteiger partial charge in [0, 0.05) is 0 Å². The Morgan fingerprint density at radius 1 is 1.40 bits per heavy atom. The van der Waals surface area contributed by atoms with E-state index in [0.29, 0.717) is 11.8 Å². The lowest BCUT2D eigenvalue weighted by atomic mass is 9.83. The lowest BCUT2D eigenvalue weighted by Gasteiger charge is -2.29. The van der Waals surface area contributed by atoms with Crippen molar-refractivity contribution >= 4 is 0 Å². The van der Waals surface area contributed by atoms with E-state index < -0.39 is 0 Å². The average molecular weight is 207 g/mol. The number of halogens is 1. The SMILES string of the molecule is CC1CNCCC1Cc1ccccc1F. The molecule has 1 aromatic rings. The highest BCUT2D eigenvalue weighted by Gasteiger charge is 2.21. The number of hydrogen-bond donors (Lipinski definition) is 1. The Kier molecular flexibility index (Phi) is 3.37. The summed E-state index contributed by atoms with van der Waals surface area (Å²) in [6.45, 7) is 4.39. The zero-order valence-corrected chi connectivity index (χ0v) is 9.17. The lowest BCUT2D eigenvalue weighted by Crippen LogP contribution is -2.36. The fourth-order valence-corrected chi connectivity index (χ4v) is 2.32. The topological polar surface area (TPSA) is 12.0 Å². The van der Waals surface area contributed by atoms with Gasteiger partial charge < -0.3 is 5.32 Å². The lowest BCUT2D eigenvalue weighted by molar-refractivity contribution is 0.270. The average Bonchev–Trinajstić information content (AvgIpc) is 2.24. The summed E-state index contributed by atoms with van der Waals surface area (Å²) < 4.78 is 13.5. The predicted molar refractivity (Wildman–Crippen MR) is 60.2 cm³/mol. The van der Waals surface area contributed by atoms with E-state index >= 15 is 0 Å². The van der Waals surface area contributed by atoms with Gasteiger partial charge in [-0.2, -0.15) is 0 Å². The Morgan fingerprint density at radius 3 is 2.93 bits per heavy atom. The third kappa shape index (κ3) is 2.57. The second-order valence-corrected chi connectivity index (χ2v) is 4.53. The highest BCUT2D eigenvalue weighted by molar-refractivity contribution is 5.18. The van der Waals surface area contributed by atoms with Crippen LogP contribution in [0.3, 0.4) is 0 Å². The maximum atomic E-state index is 13.5. The molecule has 2 unspecified atom stereocenters. The Balaban J connectivity index is 2.04. The van der Waals surface area contributed by atoms with Gasteiger partial charge in [-0.1, -0.05) is 25.1 Å². The minimum absolute atomic E-state index is 0.0526. The molecule has 0 aliphatic carbocycles. The Bertz CT molecular complexity index is 324. The van der Waals surface area contributed by atoms with Crippen LogP contribution in [-0.2, 0) is 6.42 Å². The zero-order valence-electron chi connectivity index (χ0n) is 9.17. The molecule has 82 valence electrons. The summed E-state index contributed by atoms with van der Waals surface area (Å²) in [5.74, 6) is 1.23. The van der Waals surface area contributed by atoms with Crippen LogP contribution in [0.1, 0.15) is 18.9 Å². The summed E-state index contributed by atoms with van der Waals surface area (Å²) >= 11 is 0. The quantitative estimate of drug-likeness (QED) is 0.786. The summed E-state index contributed by atoms with van der Waals surface area (Å²) in [6, 6.07) is 7.14. The molecule has 2 atom stereocenters. The molecule has 1 fully saturated rings. The number of rotatable bonds is 2. The van der Waals surface area contributed by atoms with Crippen LogP contribution in [0.15, 0.2) is 24.3 Å². The van der Waals surface area contributed by atoms with Gasteiger partial charge in [0.25, 0.3) is 0 Å². The van der Waals surface area contributed by atoms with Gasteiger partial charge in [-0.3, -0.25) is 0 Å². The van der Waals surface area contributed by atoms with Crippen molar-refractivity contribution in [3.63, 3.8) is 0 Å². The Morgan fingerprint density at radius 2 is 2.20 bits per heavy atom. The summed E-state index contributed by atoms with van der Waals surface area (Å²) in [7, 11) is 0. The third-order valence-electron chi connectivity index (χ3n) is 3.40. The molecular weight excluding hydrogens is 189 g/mol. The monoisotopic (exact) mass is 207 g/mol. The van der Waals surface area contributed by atoms with Crippen molar-refractivity contribution in [3.05, 3.63) is 35.6 Å². The van der Waals surface area contributed by atoms with Gasteiger partial charge in [0.1, 0.15) is 5.82 Å². The largest absolute Gasteiger partial charge is 0.316 e. The van der Waals surface area contributed by atoms with Crippen molar-refractivity contribution in [2.75, 3.05) is 13.1 Å². The van der Waals surface area contributed by atoms with Crippen molar-refractivity contribution in [1.82, 2.24) is 5.32 Å². The highest BCUT2D eigenvalue weighted by Crippen LogP contribution is 2.24. The van der Waals surface area contributed by atoms with Gasteiger partial charge >= 0.3 is 0 Å². The van der Waals surface area contributed by atoms with E-state index in [1.807, 2.05) is 12.1 Å². The van der Waals surface area contributed by atoms with E-state index in [2.05, 4.69) is 12.2 Å². The molecule has 2 rings (SSSR count). The van der Waals surface area contributed by atoms with E-state index in [9.17, 15) is 4.39 Å². The van der Waals surface area contributed by atoms with Gasteiger partial charge in [-0.05, 0) is 49.4 Å². The van der Waals surface area contributed by atoms with Crippen molar-refractivity contribution in [2.45, 2.75) is 19.8 Å². The molecule has 15 heavy (non-hydrogen) atoms. The first kappa shape index (κ1) is 10.6. The maximum Gasteiger partial charge on any atom is 0.126 e. The minimum Gasteiger partial charge on any atom is -0.316 e. The number of hydrogen-bond acceptors (Lipinski definition) is 1. The standard InChI is InChI=1S/C13H18FN/c1-10-9-15-7-6-11(10)8-12-4-2-3-5-13(12)14/h2-5,10-11,15H,6-9H2,1H3. The van der Waals surface area contributed by atoms with E-state index in [1.165, 1.54) is 0 Å². The molecule has 1 N–H and O–H groups in total. The molecule has 1 aromatic carbocycles. The number of piperidine rings is 1. The summed E-state index contributed by atoms with van der Waals surface area (Å²) in [6.07, 6.45) is 2.05. The molecule has 0 spiro atoms. The van der Waals surface area contributed by atoms with E-state index in [4.69, 9.17) is 0 Å². The normalized spacial score (nSPS) is 26.5. The van der Waals surface area contributed by atoms with Crippen LogP contribution in [0.4, 0.5) is 4.39 Å². The molecule has 0 radical (unpaired) electrons. The Hall–Kier alpha value is -0.890. The first-order chi connectivity index (χ1) is 7.27. The molecule has 0 aromatic heterocycles. The van der Waals surface area contributed by atoms with Gasteiger partial charge in [-0.25, -0.2) is 4.39 Å². The van der Waals surface area contributed by atoms with Crippen molar-refractivity contribution in [2.24, 2.45) is 11.8 Å². The second kappa shape index (κ2) is 4.75. The zero-order chi connectivity index (χ0) is 10.7. The maximum absolute atomic E-state index is 13.5. The first-order valence-corrected chi connectivity index (χ1v) is 5.71. The minimum atomic E-state index is -0.0526. The van der Waals surface area contributed by atoms with Crippen LogP contribution in [0.25, 0.3) is 0 Å². The van der Waals surface area contributed by atoms with Crippen molar-refractivity contribution in [3.8, 4) is 0 Å². The predicted octanol–water partition coefficient (Wildman–Crippen LogP) is 2.61. The van der Waals surface area contributed by atoms with Crippen LogP contribution in [-0.4, -0.2) is 13.1 Å².